The molecule has 1 aromatic rings. The fraction of sp³-hybridized carbons (Fsp3) is 0.625. The van der Waals surface area contributed by atoms with Gasteiger partial charge in [-0.15, -0.1) is 0 Å². The molecule has 21 heavy (non-hydrogen) atoms. The molecule has 0 amide bonds. The Morgan fingerprint density at radius 1 is 1.29 bits per heavy atom. The van der Waals surface area contributed by atoms with Gasteiger partial charge in [-0.2, -0.15) is 0 Å². The van der Waals surface area contributed by atoms with Crippen LogP contribution in [0.3, 0.4) is 0 Å². The van der Waals surface area contributed by atoms with Crippen LogP contribution in [0.2, 0.25) is 0 Å². The molecular weight excluding hydrogens is 286 g/mol. The van der Waals surface area contributed by atoms with Crippen molar-refractivity contribution in [3.05, 3.63) is 23.3 Å². The first-order valence-electron chi connectivity index (χ1n) is 7.29. The molecule has 0 saturated carbocycles. The van der Waals surface area contributed by atoms with Gasteiger partial charge in [0, 0.05) is 31.5 Å². The summed E-state index contributed by atoms with van der Waals surface area (Å²) < 4.78 is 17.3. The monoisotopic (exact) mass is 311 g/mol. The molecule has 1 heterocycles. The van der Waals surface area contributed by atoms with Crippen LogP contribution >= 0.6 is 0 Å². The van der Waals surface area contributed by atoms with Crippen molar-refractivity contribution in [2.24, 2.45) is 0 Å². The predicted molar refractivity (Wildman–Crippen MR) is 85.2 cm³/mol. The summed E-state index contributed by atoms with van der Waals surface area (Å²) in [5.41, 5.74) is 1.92. The van der Waals surface area contributed by atoms with Gasteiger partial charge < -0.3 is 9.84 Å². The van der Waals surface area contributed by atoms with E-state index in [0.29, 0.717) is 11.4 Å². The summed E-state index contributed by atoms with van der Waals surface area (Å²) in [5.74, 6) is 0.176. The second-order valence-electron chi connectivity index (χ2n) is 6.57. The lowest BCUT2D eigenvalue weighted by Gasteiger charge is -2.28. The van der Waals surface area contributed by atoms with Gasteiger partial charge in [-0.3, -0.25) is 9.11 Å². The van der Waals surface area contributed by atoms with Gasteiger partial charge in [0.15, 0.2) is 0 Å². The Labute approximate surface area is 129 Å². The summed E-state index contributed by atoms with van der Waals surface area (Å²) in [7, 11) is -1.20. The third-order valence-corrected chi connectivity index (χ3v) is 4.76. The maximum absolute atomic E-state index is 11.9. The number of hydrogen-bond donors (Lipinski definition) is 1. The molecule has 1 aliphatic heterocycles. The summed E-state index contributed by atoms with van der Waals surface area (Å²) in [4.78, 5) is 2.79. The van der Waals surface area contributed by atoms with E-state index in [1.165, 1.54) is 0 Å². The number of phenols is 1. The van der Waals surface area contributed by atoms with Crippen molar-refractivity contribution in [1.82, 2.24) is 4.90 Å². The number of benzene rings is 1. The first-order valence-corrected chi connectivity index (χ1v) is 8.85. The standard InChI is InChI=1S/C16H25NO3S/c1-16(2,3)13-9-12(11-17-5-7-20-8-6-17)15(18)14(10-13)21(4)19/h9-10,18H,5-8,11H2,1-4H3. The summed E-state index contributed by atoms with van der Waals surface area (Å²) in [6.45, 7) is 10.2. The van der Waals surface area contributed by atoms with Crippen LogP contribution < -0.4 is 0 Å². The third-order valence-electron chi connectivity index (χ3n) is 3.83. The lowest BCUT2D eigenvalue weighted by Crippen LogP contribution is -2.35. The average molecular weight is 311 g/mol. The van der Waals surface area contributed by atoms with Crippen LogP contribution in [0, 0.1) is 0 Å². The number of nitrogens with zero attached hydrogens (tertiary/aromatic N) is 1. The van der Waals surface area contributed by atoms with E-state index < -0.39 is 10.8 Å². The topological polar surface area (TPSA) is 49.8 Å². The molecule has 0 spiro atoms. The molecule has 0 aromatic heterocycles. The van der Waals surface area contributed by atoms with Crippen LogP contribution in [0.4, 0.5) is 0 Å². The van der Waals surface area contributed by atoms with Crippen molar-refractivity contribution < 1.29 is 14.1 Å². The highest BCUT2D eigenvalue weighted by Gasteiger charge is 2.21. The maximum atomic E-state index is 11.9. The molecule has 1 atom stereocenters. The van der Waals surface area contributed by atoms with E-state index in [9.17, 15) is 9.32 Å². The van der Waals surface area contributed by atoms with Crippen LogP contribution in [0.25, 0.3) is 0 Å². The molecular formula is C16H25NO3S. The Bertz CT molecular complexity index is 531. The third kappa shape index (κ3) is 4.05. The Morgan fingerprint density at radius 2 is 1.90 bits per heavy atom. The molecule has 1 N–H and O–H groups in total. The van der Waals surface area contributed by atoms with Crippen molar-refractivity contribution >= 4 is 10.8 Å². The first-order chi connectivity index (χ1) is 9.79. The zero-order chi connectivity index (χ0) is 15.6. The highest BCUT2D eigenvalue weighted by Crippen LogP contribution is 2.33. The van der Waals surface area contributed by atoms with E-state index in [1.54, 1.807) is 6.26 Å². The average Bonchev–Trinajstić information content (AvgIpc) is 2.40. The van der Waals surface area contributed by atoms with E-state index in [-0.39, 0.29) is 11.2 Å². The minimum absolute atomic E-state index is 0.0401. The second-order valence-corrected chi connectivity index (χ2v) is 7.92. The SMILES string of the molecule is CS(=O)c1cc(C(C)(C)C)cc(CN2CCOCC2)c1O. The molecule has 1 aromatic carbocycles. The molecule has 1 saturated heterocycles. The van der Waals surface area contributed by atoms with Gasteiger partial charge in [0.25, 0.3) is 0 Å². The number of phenolic OH excluding ortho intramolecular Hbond substituents is 1. The van der Waals surface area contributed by atoms with E-state index in [4.69, 9.17) is 4.74 Å². The normalized spacial score (nSPS) is 18.7. The minimum Gasteiger partial charge on any atom is -0.506 e. The zero-order valence-electron chi connectivity index (χ0n) is 13.3. The highest BCUT2D eigenvalue weighted by atomic mass is 32.2. The number of rotatable bonds is 3. The van der Waals surface area contributed by atoms with Crippen molar-refractivity contribution in [1.29, 1.82) is 0 Å². The molecule has 0 aliphatic carbocycles. The fourth-order valence-electron chi connectivity index (χ4n) is 2.44. The van der Waals surface area contributed by atoms with Gasteiger partial charge in [0.1, 0.15) is 5.75 Å². The fourth-order valence-corrected chi connectivity index (χ4v) is 3.13. The van der Waals surface area contributed by atoms with E-state index in [1.807, 2.05) is 12.1 Å². The zero-order valence-corrected chi connectivity index (χ0v) is 14.1. The van der Waals surface area contributed by atoms with Crippen molar-refractivity contribution in [2.45, 2.75) is 37.6 Å². The van der Waals surface area contributed by atoms with E-state index in [0.717, 1.165) is 37.4 Å². The van der Waals surface area contributed by atoms with Gasteiger partial charge in [-0.1, -0.05) is 26.8 Å². The maximum Gasteiger partial charge on any atom is 0.136 e. The summed E-state index contributed by atoms with van der Waals surface area (Å²) in [6.07, 6.45) is 1.61. The smallest absolute Gasteiger partial charge is 0.136 e. The molecule has 1 unspecified atom stereocenters. The van der Waals surface area contributed by atoms with Gasteiger partial charge >= 0.3 is 0 Å². The molecule has 4 nitrogen and oxygen atoms in total. The Hall–Kier alpha value is -0.910. The highest BCUT2D eigenvalue weighted by molar-refractivity contribution is 7.84. The molecule has 2 rings (SSSR count). The van der Waals surface area contributed by atoms with Crippen molar-refractivity contribution in [3.63, 3.8) is 0 Å². The number of aromatic hydroxyl groups is 1. The predicted octanol–water partition coefficient (Wildman–Crippen LogP) is 2.26. The van der Waals surface area contributed by atoms with Crippen LogP contribution in [0.1, 0.15) is 31.9 Å². The van der Waals surface area contributed by atoms with Crippen molar-refractivity contribution in [3.8, 4) is 5.75 Å². The molecule has 118 valence electrons. The van der Waals surface area contributed by atoms with Crippen LogP contribution in [-0.4, -0.2) is 46.8 Å². The Morgan fingerprint density at radius 3 is 2.43 bits per heavy atom. The lowest BCUT2D eigenvalue weighted by atomic mass is 9.86. The number of ether oxygens (including phenoxy) is 1. The molecule has 0 radical (unpaired) electrons. The van der Waals surface area contributed by atoms with Crippen molar-refractivity contribution in [2.75, 3.05) is 32.6 Å². The Balaban J connectivity index is 2.38. The molecule has 5 heteroatoms. The van der Waals surface area contributed by atoms with Gasteiger partial charge in [-0.05, 0) is 17.0 Å². The molecule has 1 aliphatic rings. The molecule has 1 fully saturated rings. The van der Waals surface area contributed by atoms with Crippen LogP contribution in [0.5, 0.6) is 5.75 Å². The van der Waals surface area contributed by atoms with E-state index in [2.05, 4.69) is 25.7 Å². The molecule has 0 bridgehead atoms. The minimum atomic E-state index is -1.20. The second kappa shape index (κ2) is 6.46. The largest absolute Gasteiger partial charge is 0.506 e. The quantitative estimate of drug-likeness (QED) is 0.930. The van der Waals surface area contributed by atoms with Gasteiger partial charge in [-0.25, -0.2) is 0 Å². The Kier molecular flexibility index (Phi) is 5.07. The number of hydrogen-bond acceptors (Lipinski definition) is 4. The van der Waals surface area contributed by atoms with E-state index >= 15 is 0 Å². The summed E-state index contributed by atoms with van der Waals surface area (Å²) in [5, 5.41) is 10.4. The lowest BCUT2D eigenvalue weighted by molar-refractivity contribution is 0.0338. The van der Waals surface area contributed by atoms with Gasteiger partial charge in [0.2, 0.25) is 0 Å². The summed E-state index contributed by atoms with van der Waals surface area (Å²) in [6, 6.07) is 3.91. The van der Waals surface area contributed by atoms with Gasteiger partial charge in [0.05, 0.1) is 28.9 Å². The number of morpholine rings is 1. The first kappa shape index (κ1) is 16.5. The summed E-state index contributed by atoms with van der Waals surface area (Å²) >= 11 is 0. The van der Waals surface area contributed by atoms with Crippen LogP contribution in [0.15, 0.2) is 17.0 Å². The van der Waals surface area contributed by atoms with Crippen LogP contribution in [-0.2, 0) is 27.5 Å².